The fourth-order valence-electron chi connectivity index (χ4n) is 2.75. The fourth-order valence-corrected chi connectivity index (χ4v) is 2.75. The van der Waals surface area contributed by atoms with Crippen LogP contribution in [0.2, 0.25) is 0 Å². The first-order valence-corrected chi connectivity index (χ1v) is 7.34. The zero-order valence-corrected chi connectivity index (χ0v) is 12.0. The Balaban J connectivity index is 2.18. The average molecular weight is 260 g/mol. The summed E-state index contributed by atoms with van der Waals surface area (Å²) < 4.78 is 11.7. The smallest absolute Gasteiger partial charge is 0.123 e. The molecule has 104 valence electrons. The van der Waals surface area contributed by atoms with E-state index < -0.39 is 0 Å². The topological polar surface area (TPSA) is 18.5 Å². The summed E-state index contributed by atoms with van der Waals surface area (Å²) in [4.78, 5) is 0. The van der Waals surface area contributed by atoms with Gasteiger partial charge in [0, 0.05) is 11.5 Å². The molecule has 2 atom stereocenters. The van der Waals surface area contributed by atoms with E-state index in [-0.39, 0.29) is 0 Å². The molecule has 1 heterocycles. The van der Waals surface area contributed by atoms with Gasteiger partial charge >= 0.3 is 0 Å². The summed E-state index contributed by atoms with van der Waals surface area (Å²) in [5.74, 6) is 2.48. The van der Waals surface area contributed by atoms with E-state index in [0.29, 0.717) is 18.6 Å². The van der Waals surface area contributed by atoms with Gasteiger partial charge in [-0.3, -0.25) is 0 Å². The Morgan fingerprint density at radius 1 is 1.37 bits per heavy atom. The molecule has 1 aliphatic heterocycles. The lowest BCUT2D eigenvalue weighted by Crippen LogP contribution is -2.17. The monoisotopic (exact) mass is 260 g/mol. The molecule has 0 fully saturated rings. The Kier molecular flexibility index (Phi) is 4.89. The molecule has 0 N–H and O–H groups in total. The molecule has 0 spiro atoms. The molecule has 19 heavy (non-hydrogen) atoms. The van der Waals surface area contributed by atoms with Crippen molar-refractivity contribution in [2.24, 2.45) is 0 Å². The largest absolute Gasteiger partial charge is 0.490 e. The second-order valence-electron chi connectivity index (χ2n) is 5.11. The number of benzene rings is 1. The number of hydrogen-bond donors (Lipinski definition) is 0. The van der Waals surface area contributed by atoms with Crippen molar-refractivity contribution >= 4 is 0 Å². The molecular formula is C17H24O2. The van der Waals surface area contributed by atoms with Crippen molar-refractivity contribution in [3.05, 3.63) is 36.4 Å². The molecule has 0 radical (unpaired) electrons. The second-order valence-corrected chi connectivity index (χ2v) is 5.11. The third kappa shape index (κ3) is 3.12. The highest BCUT2D eigenvalue weighted by Gasteiger charge is 2.32. The summed E-state index contributed by atoms with van der Waals surface area (Å²) in [6.45, 7) is 8.67. The molecule has 0 saturated carbocycles. The third-order valence-corrected chi connectivity index (χ3v) is 3.75. The van der Waals surface area contributed by atoms with Crippen LogP contribution in [0.1, 0.15) is 51.0 Å². The maximum absolute atomic E-state index is 6.05. The van der Waals surface area contributed by atoms with E-state index in [4.69, 9.17) is 9.47 Å². The fraction of sp³-hybridized carbons (Fsp3) is 0.529. The summed E-state index contributed by atoms with van der Waals surface area (Å²) in [5.41, 5.74) is 1.32. The number of fused-ring (bicyclic) bond motifs is 1. The quantitative estimate of drug-likeness (QED) is 0.662. The van der Waals surface area contributed by atoms with Gasteiger partial charge < -0.3 is 9.47 Å². The molecule has 1 aliphatic rings. The van der Waals surface area contributed by atoms with Gasteiger partial charge in [-0.15, -0.1) is 0 Å². The van der Waals surface area contributed by atoms with Crippen LogP contribution in [0.4, 0.5) is 0 Å². The van der Waals surface area contributed by atoms with Gasteiger partial charge in [-0.05, 0) is 31.0 Å². The van der Waals surface area contributed by atoms with E-state index >= 15 is 0 Å². The van der Waals surface area contributed by atoms with Crippen LogP contribution in [0.5, 0.6) is 11.5 Å². The molecule has 0 bridgehead atoms. The van der Waals surface area contributed by atoms with E-state index in [0.717, 1.165) is 17.9 Å². The number of rotatable bonds is 7. The van der Waals surface area contributed by atoms with Crippen LogP contribution in [0, 0.1) is 0 Å². The third-order valence-electron chi connectivity index (χ3n) is 3.75. The van der Waals surface area contributed by atoms with Gasteiger partial charge in [-0.2, -0.15) is 0 Å². The Morgan fingerprint density at radius 3 is 2.89 bits per heavy atom. The predicted octanol–water partition coefficient (Wildman–Crippen LogP) is 4.70. The highest BCUT2D eigenvalue weighted by Crippen LogP contribution is 2.43. The van der Waals surface area contributed by atoms with E-state index in [2.05, 4.69) is 26.5 Å². The Labute approximate surface area is 116 Å². The van der Waals surface area contributed by atoms with Crippen LogP contribution in [0.25, 0.3) is 0 Å². The van der Waals surface area contributed by atoms with Crippen molar-refractivity contribution in [3.8, 4) is 11.5 Å². The van der Waals surface area contributed by atoms with Gasteiger partial charge in [-0.1, -0.05) is 39.3 Å². The lowest BCUT2D eigenvalue weighted by atomic mass is 9.89. The van der Waals surface area contributed by atoms with Gasteiger partial charge in [0.05, 0.1) is 0 Å². The van der Waals surface area contributed by atoms with Gasteiger partial charge in [0.25, 0.3) is 0 Å². The van der Waals surface area contributed by atoms with Gasteiger partial charge in [-0.25, -0.2) is 0 Å². The lowest BCUT2D eigenvalue weighted by molar-refractivity contribution is 0.195. The molecule has 0 aliphatic carbocycles. The van der Waals surface area contributed by atoms with Crippen molar-refractivity contribution in [2.45, 2.75) is 51.6 Å². The first-order valence-electron chi connectivity index (χ1n) is 7.34. The minimum Gasteiger partial charge on any atom is -0.490 e. The number of unbranched alkanes of at least 4 members (excludes halogenated alkanes) is 1. The van der Waals surface area contributed by atoms with E-state index in [9.17, 15) is 0 Å². The van der Waals surface area contributed by atoms with E-state index in [1.165, 1.54) is 24.8 Å². The normalized spacial score (nSPS) is 20.7. The summed E-state index contributed by atoms with van der Waals surface area (Å²) in [5, 5.41) is 0. The summed E-state index contributed by atoms with van der Waals surface area (Å²) in [6, 6.07) is 6.18. The minimum absolute atomic E-state index is 0.330. The molecule has 2 nitrogen and oxygen atoms in total. The van der Waals surface area contributed by atoms with E-state index in [1.807, 2.05) is 12.1 Å². The first kappa shape index (κ1) is 14.0. The van der Waals surface area contributed by atoms with E-state index in [1.54, 1.807) is 6.08 Å². The molecule has 2 rings (SSSR count). The van der Waals surface area contributed by atoms with Crippen molar-refractivity contribution in [2.75, 3.05) is 6.61 Å². The van der Waals surface area contributed by atoms with Gasteiger partial charge in [0.1, 0.15) is 24.2 Å². The van der Waals surface area contributed by atoms with Crippen LogP contribution in [0.15, 0.2) is 30.9 Å². The molecule has 2 heteroatoms. The predicted molar refractivity (Wildman–Crippen MR) is 79.1 cm³/mol. The molecule has 1 aromatic rings. The van der Waals surface area contributed by atoms with Crippen LogP contribution < -0.4 is 9.47 Å². The number of ether oxygens (including phenoxy) is 2. The van der Waals surface area contributed by atoms with Gasteiger partial charge in [0.15, 0.2) is 0 Å². The second kappa shape index (κ2) is 6.65. The van der Waals surface area contributed by atoms with Gasteiger partial charge in [0.2, 0.25) is 0 Å². The maximum atomic E-state index is 6.05. The maximum Gasteiger partial charge on any atom is 0.123 e. The molecule has 0 amide bonds. The average Bonchev–Trinajstić information content (AvgIpc) is 2.79. The van der Waals surface area contributed by atoms with Crippen molar-refractivity contribution < 1.29 is 9.47 Å². The first-order chi connectivity index (χ1) is 9.30. The number of hydrogen-bond acceptors (Lipinski definition) is 2. The van der Waals surface area contributed by atoms with Crippen LogP contribution in [-0.4, -0.2) is 12.7 Å². The van der Waals surface area contributed by atoms with Crippen molar-refractivity contribution in [3.63, 3.8) is 0 Å². The Morgan fingerprint density at radius 2 is 2.21 bits per heavy atom. The Bertz CT molecular complexity index is 425. The van der Waals surface area contributed by atoms with Crippen LogP contribution in [0.3, 0.4) is 0 Å². The standard InChI is InChI=1S/C17H24O2/c1-4-7-8-14-15-12-13(18-11-5-2)9-10-17(15)19-16(14)6-3/h5,9-10,12,14,16H,2,4,6-8,11H2,1,3H3/t14-,16+/m1/s1. The molecule has 0 aromatic heterocycles. The van der Waals surface area contributed by atoms with Crippen molar-refractivity contribution in [1.82, 2.24) is 0 Å². The molecular weight excluding hydrogens is 236 g/mol. The molecule has 1 aromatic carbocycles. The lowest BCUT2D eigenvalue weighted by Gasteiger charge is -2.17. The molecule has 0 saturated heterocycles. The minimum atomic E-state index is 0.330. The van der Waals surface area contributed by atoms with Crippen LogP contribution >= 0.6 is 0 Å². The summed E-state index contributed by atoms with van der Waals surface area (Å²) in [6.07, 6.45) is 6.85. The highest BCUT2D eigenvalue weighted by atomic mass is 16.5. The summed E-state index contributed by atoms with van der Waals surface area (Å²) >= 11 is 0. The Hall–Kier alpha value is -1.44. The SMILES string of the molecule is C=CCOc1ccc2c(c1)[C@@H](CCCC)[C@H](CC)O2. The highest BCUT2D eigenvalue weighted by molar-refractivity contribution is 5.46. The zero-order valence-electron chi connectivity index (χ0n) is 12.0. The zero-order chi connectivity index (χ0) is 13.7. The van der Waals surface area contributed by atoms with Crippen molar-refractivity contribution in [1.29, 1.82) is 0 Å². The summed E-state index contributed by atoms with van der Waals surface area (Å²) in [7, 11) is 0. The molecule has 0 unspecified atom stereocenters. The van der Waals surface area contributed by atoms with Crippen LogP contribution in [-0.2, 0) is 0 Å².